The minimum Gasteiger partial charge on any atom is -0.392 e. The van der Waals surface area contributed by atoms with E-state index >= 15 is 0 Å². The fraction of sp³-hybridized carbons (Fsp3) is 0.833. The Bertz CT molecular complexity index is 306. The van der Waals surface area contributed by atoms with Crippen LogP contribution in [0.2, 0.25) is 0 Å². The predicted octanol–water partition coefficient (Wildman–Crippen LogP) is 1.75. The SMILES string of the molecule is CC1(C(=O)NC(C(N)=S)C2CC2)CCCC1. The molecule has 2 rings (SSSR count). The number of nitrogens with one attached hydrogen (secondary N) is 1. The summed E-state index contributed by atoms with van der Waals surface area (Å²) in [5.74, 6) is 0.640. The summed E-state index contributed by atoms with van der Waals surface area (Å²) in [6.07, 6.45) is 6.58. The minimum absolute atomic E-state index is 0.0695. The number of carbonyl (C=O) groups excluding carboxylic acids is 1. The van der Waals surface area contributed by atoms with Crippen molar-refractivity contribution in [2.45, 2.75) is 51.5 Å². The van der Waals surface area contributed by atoms with Gasteiger partial charge >= 0.3 is 0 Å². The molecule has 0 aromatic rings. The molecule has 4 heteroatoms. The van der Waals surface area contributed by atoms with Crippen LogP contribution in [0.5, 0.6) is 0 Å². The number of amides is 1. The Balaban J connectivity index is 1.97. The summed E-state index contributed by atoms with van der Waals surface area (Å²) in [6.45, 7) is 2.05. The Labute approximate surface area is 102 Å². The van der Waals surface area contributed by atoms with Gasteiger partial charge in [0, 0.05) is 5.41 Å². The molecule has 0 heterocycles. The van der Waals surface area contributed by atoms with Gasteiger partial charge in [0.2, 0.25) is 5.91 Å². The second-order valence-corrected chi connectivity index (χ2v) is 5.93. The van der Waals surface area contributed by atoms with Crippen LogP contribution in [0.25, 0.3) is 0 Å². The van der Waals surface area contributed by atoms with E-state index in [1.165, 1.54) is 0 Å². The molecule has 16 heavy (non-hydrogen) atoms. The summed E-state index contributed by atoms with van der Waals surface area (Å²) in [5.41, 5.74) is 5.50. The normalized spacial score (nSPS) is 25.1. The van der Waals surface area contributed by atoms with Crippen LogP contribution in [0.1, 0.15) is 45.4 Å². The van der Waals surface area contributed by atoms with Crippen molar-refractivity contribution in [1.29, 1.82) is 0 Å². The molecule has 2 aliphatic carbocycles. The summed E-state index contributed by atoms with van der Waals surface area (Å²) in [6, 6.07) is -0.0695. The lowest BCUT2D eigenvalue weighted by Crippen LogP contribution is -2.49. The van der Waals surface area contributed by atoms with Crippen molar-refractivity contribution in [2.24, 2.45) is 17.1 Å². The van der Waals surface area contributed by atoms with Gasteiger partial charge in [-0.15, -0.1) is 0 Å². The van der Waals surface area contributed by atoms with Crippen molar-refractivity contribution in [3.63, 3.8) is 0 Å². The van der Waals surface area contributed by atoms with Crippen LogP contribution < -0.4 is 11.1 Å². The number of rotatable bonds is 4. The lowest BCUT2D eigenvalue weighted by atomic mass is 9.87. The molecule has 2 aliphatic rings. The van der Waals surface area contributed by atoms with E-state index in [1.807, 2.05) is 0 Å². The van der Waals surface area contributed by atoms with Crippen LogP contribution >= 0.6 is 12.2 Å². The third kappa shape index (κ3) is 2.37. The smallest absolute Gasteiger partial charge is 0.226 e. The standard InChI is InChI=1S/C12H20N2OS/c1-12(6-2-3-7-12)11(15)14-9(10(13)16)8-4-5-8/h8-9H,2-7H2,1H3,(H2,13,16)(H,14,15). The van der Waals surface area contributed by atoms with E-state index in [2.05, 4.69) is 12.2 Å². The summed E-state index contributed by atoms with van der Waals surface area (Å²) in [7, 11) is 0. The zero-order chi connectivity index (χ0) is 11.8. The summed E-state index contributed by atoms with van der Waals surface area (Å²) >= 11 is 5.03. The van der Waals surface area contributed by atoms with Gasteiger partial charge in [-0.2, -0.15) is 0 Å². The maximum Gasteiger partial charge on any atom is 0.226 e. The summed E-state index contributed by atoms with van der Waals surface area (Å²) in [5, 5.41) is 3.06. The van der Waals surface area contributed by atoms with Gasteiger partial charge < -0.3 is 11.1 Å². The van der Waals surface area contributed by atoms with Crippen LogP contribution in [-0.4, -0.2) is 16.9 Å². The summed E-state index contributed by atoms with van der Waals surface area (Å²) < 4.78 is 0. The maximum absolute atomic E-state index is 12.2. The fourth-order valence-corrected chi connectivity index (χ4v) is 2.80. The Morgan fingerprint density at radius 3 is 2.44 bits per heavy atom. The zero-order valence-electron chi connectivity index (χ0n) is 9.79. The number of hydrogen-bond acceptors (Lipinski definition) is 2. The second-order valence-electron chi connectivity index (χ2n) is 5.46. The van der Waals surface area contributed by atoms with Crippen LogP contribution in [0, 0.1) is 11.3 Å². The average molecular weight is 240 g/mol. The first-order chi connectivity index (χ1) is 7.53. The van der Waals surface area contributed by atoms with Crippen molar-refractivity contribution < 1.29 is 4.79 Å². The average Bonchev–Trinajstić information content (AvgIpc) is 2.96. The summed E-state index contributed by atoms with van der Waals surface area (Å²) in [4.78, 5) is 12.6. The van der Waals surface area contributed by atoms with Gasteiger partial charge in [0.15, 0.2) is 0 Å². The van der Waals surface area contributed by atoms with E-state index in [-0.39, 0.29) is 17.4 Å². The van der Waals surface area contributed by atoms with Crippen LogP contribution in [0.3, 0.4) is 0 Å². The minimum atomic E-state index is -0.183. The zero-order valence-corrected chi connectivity index (χ0v) is 10.6. The molecule has 0 aliphatic heterocycles. The molecule has 0 spiro atoms. The van der Waals surface area contributed by atoms with Gasteiger partial charge in [-0.25, -0.2) is 0 Å². The molecule has 3 nitrogen and oxygen atoms in total. The predicted molar refractivity (Wildman–Crippen MR) is 68.0 cm³/mol. The highest BCUT2D eigenvalue weighted by molar-refractivity contribution is 7.80. The van der Waals surface area contributed by atoms with Crippen molar-refractivity contribution in [3.05, 3.63) is 0 Å². The second kappa shape index (κ2) is 4.32. The molecule has 3 N–H and O–H groups in total. The van der Waals surface area contributed by atoms with E-state index < -0.39 is 0 Å². The van der Waals surface area contributed by atoms with E-state index in [0.29, 0.717) is 10.9 Å². The lowest BCUT2D eigenvalue weighted by Gasteiger charge is -2.26. The molecule has 0 bridgehead atoms. The molecular formula is C12H20N2OS. The van der Waals surface area contributed by atoms with Gasteiger partial charge in [-0.1, -0.05) is 32.0 Å². The molecule has 1 amide bonds. The van der Waals surface area contributed by atoms with Crippen molar-refractivity contribution in [2.75, 3.05) is 0 Å². The largest absolute Gasteiger partial charge is 0.392 e. The molecule has 0 radical (unpaired) electrons. The number of carbonyl (C=O) groups is 1. The van der Waals surface area contributed by atoms with Gasteiger partial charge in [0.1, 0.15) is 0 Å². The Morgan fingerprint density at radius 2 is 2.00 bits per heavy atom. The highest BCUT2D eigenvalue weighted by Gasteiger charge is 2.40. The first-order valence-corrected chi connectivity index (χ1v) is 6.54. The van der Waals surface area contributed by atoms with Crippen LogP contribution in [0.4, 0.5) is 0 Å². The maximum atomic E-state index is 12.2. The van der Waals surface area contributed by atoms with Crippen molar-refractivity contribution >= 4 is 23.1 Å². The number of thiocarbonyl (C=S) groups is 1. The molecule has 2 fully saturated rings. The molecule has 1 unspecified atom stereocenters. The van der Waals surface area contributed by atoms with Crippen molar-refractivity contribution in [3.8, 4) is 0 Å². The lowest BCUT2D eigenvalue weighted by molar-refractivity contribution is -0.130. The third-order valence-corrected chi connectivity index (χ3v) is 4.20. The number of nitrogens with two attached hydrogens (primary N) is 1. The van der Waals surface area contributed by atoms with Gasteiger partial charge in [-0.05, 0) is 31.6 Å². The molecule has 1 atom stereocenters. The van der Waals surface area contributed by atoms with E-state index in [0.717, 1.165) is 38.5 Å². The Kier molecular flexibility index (Phi) is 3.19. The highest BCUT2D eigenvalue weighted by atomic mass is 32.1. The molecular weight excluding hydrogens is 220 g/mol. The molecule has 0 aromatic carbocycles. The quantitative estimate of drug-likeness (QED) is 0.736. The molecule has 2 saturated carbocycles. The van der Waals surface area contributed by atoms with Crippen molar-refractivity contribution in [1.82, 2.24) is 5.32 Å². The number of hydrogen-bond donors (Lipinski definition) is 2. The first-order valence-electron chi connectivity index (χ1n) is 6.13. The highest BCUT2D eigenvalue weighted by Crippen LogP contribution is 2.39. The van der Waals surface area contributed by atoms with E-state index in [9.17, 15) is 4.79 Å². The molecule has 90 valence electrons. The van der Waals surface area contributed by atoms with Crippen LogP contribution in [0.15, 0.2) is 0 Å². The third-order valence-electron chi connectivity index (χ3n) is 3.94. The monoisotopic (exact) mass is 240 g/mol. The topological polar surface area (TPSA) is 55.1 Å². The van der Waals surface area contributed by atoms with Gasteiger partial charge in [-0.3, -0.25) is 4.79 Å². The fourth-order valence-electron chi connectivity index (χ4n) is 2.55. The molecule has 0 aromatic heterocycles. The van der Waals surface area contributed by atoms with Gasteiger partial charge in [0.05, 0.1) is 11.0 Å². The van der Waals surface area contributed by atoms with E-state index in [1.54, 1.807) is 0 Å². The Morgan fingerprint density at radius 1 is 1.44 bits per heavy atom. The van der Waals surface area contributed by atoms with Gasteiger partial charge in [0.25, 0.3) is 0 Å². The Hall–Kier alpha value is -0.640. The van der Waals surface area contributed by atoms with E-state index in [4.69, 9.17) is 18.0 Å². The van der Waals surface area contributed by atoms with Crippen LogP contribution in [-0.2, 0) is 4.79 Å². The first kappa shape index (κ1) is 11.8. The molecule has 0 saturated heterocycles.